The first-order valence-corrected chi connectivity index (χ1v) is 8.88. The summed E-state index contributed by atoms with van der Waals surface area (Å²) in [4.78, 5) is 15.0. The number of carbonyl (C=O) groups excluding carboxylic acids is 1. The Bertz CT molecular complexity index is 619. The number of nitrogens with zero attached hydrogens (tertiary/aromatic N) is 3. The van der Waals surface area contributed by atoms with Gasteiger partial charge in [-0.1, -0.05) is 35.0 Å². The van der Waals surface area contributed by atoms with Crippen molar-refractivity contribution in [3.8, 4) is 0 Å². The third kappa shape index (κ3) is 2.14. The van der Waals surface area contributed by atoms with Crippen molar-refractivity contribution in [2.45, 2.75) is 38.3 Å². The van der Waals surface area contributed by atoms with E-state index in [2.05, 4.69) is 45.1 Å². The summed E-state index contributed by atoms with van der Waals surface area (Å²) in [6.45, 7) is 4.18. The second kappa shape index (κ2) is 5.46. The van der Waals surface area contributed by atoms with Crippen LogP contribution in [0.15, 0.2) is 33.8 Å². The molecule has 0 saturated carbocycles. The number of hydrogen-bond donors (Lipinski definition) is 0. The van der Waals surface area contributed by atoms with E-state index in [1.54, 1.807) is 5.01 Å². The van der Waals surface area contributed by atoms with E-state index < -0.39 is 0 Å². The molecule has 1 aromatic carbocycles. The van der Waals surface area contributed by atoms with Crippen molar-refractivity contribution >= 4 is 27.5 Å². The molecule has 4 nitrogen and oxygen atoms in total. The molecule has 1 amide bonds. The molecule has 0 spiro atoms. The van der Waals surface area contributed by atoms with Gasteiger partial charge in [-0.25, -0.2) is 5.01 Å². The van der Waals surface area contributed by atoms with E-state index in [1.165, 1.54) is 24.1 Å². The molecular formula is C17H20BrN3O. The minimum Gasteiger partial charge on any atom is -0.293 e. The Kier molecular flexibility index (Phi) is 3.57. The lowest BCUT2D eigenvalue weighted by molar-refractivity contribution is -0.133. The molecule has 22 heavy (non-hydrogen) atoms. The van der Waals surface area contributed by atoms with Crippen LogP contribution in [0.4, 0.5) is 0 Å². The van der Waals surface area contributed by atoms with Crippen molar-refractivity contribution in [3.63, 3.8) is 0 Å². The highest BCUT2D eigenvalue weighted by molar-refractivity contribution is 9.10. The maximum Gasteiger partial charge on any atom is 0.243 e. The monoisotopic (exact) mass is 361 g/mol. The zero-order valence-corrected chi connectivity index (χ0v) is 14.3. The number of halogens is 1. The van der Waals surface area contributed by atoms with Crippen LogP contribution >= 0.6 is 15.9 Å². The molecular weight excluding hydrogens is 342 g/mol. The fraction of sp³-hybridized carbons (Fsp3) is 0.529. The van der Waals surface area contributed by atoms with Crippen LogP contribution in [0.5, 0.6) is 0 Å². The first-order chi connectivity index (χ1) is 10.7. The first-order valence-electron chi connectivity index (χ1n) is 8.09. The lowest BCUT2D eigenvalue weighted by Gasteiger charge is -2.46. The average Bonchev–Trinajstić information content (AvgIpc) is 2.98. The number of benzene rings is 1. The van der Waals surface area contributed by atoms with Crippen LogP contribution in [0, 0.1) is 5.92 Å². The predicted molar refractivity (Wildman–Crippen MR) is 89.5 cm³/mol. The summed E-state index contributed by atoms with van der Waals surface area (Å²) in [6, 6.07) is 8.67. The minimum absolute atomic E-state index is 0.0404. The van der Waals surface area contributed by atoms with Gasteiger partial charge in [0, 0.05) is 16.8 Å². The molecule has 3 fully saturated rings. The zero-order valence-electron chi connectivity index (χ0n) is 12.7. The highest BCUT2D eigenvalue weighted by atomic mass is 79.9. The van der Waals surface area contributed by atoms with Gasteiger partial charge in [0.1, 0.15) is 6.04 Å². The van der Waals surface area contributed by atoms with Crippen molar-refractivity contribution < 1.29 is 4.79 Å². The van der Waals surface area contributed by atoms with Crippen LogP contribution in [-0.4, -0.2) is 40.7 Å². The normalized spacial score (nSPS) is 32.8. The molecule has 4 aliphatic heterocycles. The van der Waals surface area contributed by atoms with Crippen LogP contribution in [0.1, 0.15) is 37.8 Å². The Morgan fingerprint density at radius 3 is 2.55 bits per heavy atom. The van der Waals surface area contributed by atoms with E-state index in [4.69, 9.17) is 5.10 Å². The van der Waals surface area contributed by atoms with E-state index in [1.807, 2.05) is 6.92 Å². The van der Waals surface area contributed by atoms with Gasteiger partial charge in [-0.15, -0.1) is 0 Å². The molecule has 0 unspecified atom stereocenters. The standard InChI is InChI=1S/C17H20BrN3O/c1-2-14(22)21-16(12-3-5-13(18)6-4-12)17-15(19-21)11-7-9-20(17)10-8-11/h3-6,11,16-17H,2,7-10H2,1H3/t16-,17+/m0/s1. The Hall–Kier alpha value is -1.20. The van der Waals surface area contributed by atoms with Crippen molar-refractivity contribution in [1.29, 1.82) is 0 Å². The van der Waals surface area contributed by atoms with Crippen molar-refractivity contribution in [3.05, 3.63) is 34.3 Å². The topological polar surface area (TPSA) is 35.9 Å². The van der Waals surface area contributed by atoms with Crippen LogP contribution < -0.4 is 0 Å². The molecule has 0 radical (unpaired) electrons. The molecule has 3 saturated heterocycles. The molecule has 4 heterocycles. The van der Waals surface area contributed by atoms with E-state index >= 15 is 0 Å². The van der Waals surface area contributed by atoms with Gasteiger partial charge in [0.25, 0.3) is 0 Å². The lowest BCUT2D eigenvalue weighted by Crippen LogP contribution is -2.56. The summed E-state index contributed by atoms with van der Waals surface area (Å²) in [5.41, 5.74) is 2.42. The molecule has 5 rings (SSSR count). The van der Waals surface area contributed by atoms with E-state index in [-0.39, 0.29) is 18.0 Å². The highest BCUT2D eigenvalue weighted by Crippen LogP contribution is 2.43. The summed E-state index contributed by atoms with van der Waals surface area (Å²) >= 11 is 3.49. The smallest absolute Gasteiger partial charge is 0.243 e. The van der Waals surface area contributed by atoms with Crippen LogP contribution in [0.3, 0.4) is 0 Å². The number of carbonyl (C=O) groups is 1. The maximum absolute atomic E-state index is 12.4. The summed E-state index contributed by atoms with van der Waals surface area (Å²) in [6.07, 6.45) is 2.88. The number of amides is 1. The first kappa shape index (κ1) is 14.4. The van der Waals surface area contributed by atoms with Gasteiger partial charge in [-0.2, -0.15) is 5.10 Å². The van der Waals surface area contributed by atoms with E-state index in [9.17, 15) is 4.79 Å². The van der Waals surface area contributed by atoms with Gasteiger partial charge in [-0.05, 0) is 43.6 Å². The maximum atomic E-state index is 12.4. The largest absolute Gasteiger partial charge is 0.293 e. The highest BCUT2D eigenvalue weighted by Gasteiger charge is 2.50. The molecule has 5 heteroatoms. The Morgan fingerprint density at radius 1 is 1.23 bits per heavy atom. The van der Waals surface area contributed by atoms with Crippen molar-refractivity contribution in [2.24, 2.45) is 11.0 Å². The molecule has 4 aliphatic rings. The SMILES string of the molecule is CCC(=O)N1N=C2C3CCN(CC3)[C@H]2[C@@H]1c1ccc(Br)cc1. The molecule has 0 aliphatic carbocycles. The summed E-state index contributed by atoms with van der Waals surface area (Å²) in [5.74, 6) is 0.693. The quantitative estimate of drug-likeness (QED) is 0.810. The predicted octanol–water partition coefficient (Wildman–Crippen LogP) is 3.19. The molecule has 2 bridgehead atoms. The van der Waals surface area contributed by atoms with Crippen LogP contribution in [-0.2, 0) is 4.79 Å². The lowest BCUT2D eigenvalue weighted by atomic mass is 9.78. The second-order valence-electron chi connectivity index (χ2n) is 6.37. The molecule has 1 aromatic rings. The van der Waals surface area contributed by atoms with Gasteiger partial charge in [0.05, 0.1) is 11.8 Å². The van der Waals surface area contributed by atoms with E-state index in [0.717, 1.165) is 17.6 Å². The summed E-state index contributed by atoms with van der Waals surface area (Å²) in [5, 5.41) is 6.55. The van der Waals surface area contributed by atoms with Gasteiger partial charge in [0.2, 0.25) is 5.91 Å². The number of piperidine rings is 3. The third-order valence-corrected chi connectivity index (χ3v) is 5.73. The fourth-order valence-corrected chi connectivity index (χ4v) is 4.35. The van der Waals surface area contributed by atoms with Gasteiger partial charge in [-0.3, -0.25) is 9.69 Å². The molecule has 116 valence electrons. The zero-order chi connectivity index (χ0) is 15.3. The number of rotatable bonds is 2. The number of fused-ring (bicyclic) bond motifs is 2. The van der Waals surface area contributed by atoms with Crippen LogP contribution in [0.25, 0.3) is 0 Å². The fourth-order valence-electron chi connectivity index (χ4n) is 4.08. The summed E-state index contributed by atoms with van der Waals surface area (Å²) < 4.78 is 1.06. The Balaban J connectivity index is 1.76. The molecule has 0 aromatic heterocycles. The third-order valence-electron chi connectivity index (χ3n) is 5.20. The molecule has 2 atom stereocenters. The van der Waals surface area contributed by atoms with Crippen LogP contribution in [0.2, 0.25) is 0 Å². The molecule has 0 N–H and O–H groups in total. The van der Waals surface area contributed by atoms with Gasteiger partial charge >= 0.3 is 0 Å². The van der Waals surface area contributed by atoms with Crippen molar-refractivity contribution in [2.75, 3.05) is 13.1 Å². The minimum atomic E-state index is 0.0404. The van der Waals surface area contributed by atoms with Gasteiger partial charge < -0.3 is 0 Å². The Morgan fingerprint density at radius 2 is 1.91 bits per heavy atom. The Labute approximate surface area is 139 Å². The summed E-state index contributed by atoms with van der Waals surface area (Å²) in [7, 11) is 0. The number of hydrazone groups is 1. The second-order valence-corrected chi connectivity index (χ2v) is 7.28. The average molecular weight is 362 g/mol. The van der Waals surface area contributed by atoms with E-state index in [0.29, 0.717) is 12.3 Å². The number of hydrogen-bond acceptors (Lipinski definition) is 3. The van der Waals surface area contributed by atoms with Gasteiger partial charge in [0.15, 0.2) is 0 Å². The van der Waals surface area contributed by atoms with Crippen molar-refractivity contribution in [1.82, 2.24) is 9.91 Å².